The number of carboxylic acids is 1. The summed E-state index contributed by atoms with van der Waals surface area (Å²) < 4.78 is 0. The van der Waals surface area contributed by atoms with Crippen molar-refractivity contribution < 1.29 is 9.90 Å². The van der Waals surface area contributed by atoms with E-state index in [1.54, 1.807) is 18.2 Å². The Kier molecular flexibility index (Phi) is 2.83. The van der Waals surface area contributed by atoms with Crippen molar-refractivity contribution in [2.24, 2.45) is 0 Å². The number of carbonyl (C=O) groups is 1. The number of carboxylic acid groups (broad SMARTS) is 1. The van der Waals surface area contributed by atoms with Gasteiger partial charge in [0.2, 0.25) is 0 Å². The van der Waals surface area contributed by atoms with E-state index in [1.807, 2.05) is 31.2 Å². The number of anilines is 1. The van der Waals surface area contributed by atoms with Gasteiger partial charge in [-0.2, -0.15) is 0 Å². The Balaban J connectivity index is 2.52. The molecule has 86 valence electrons. The molecular formula is C14H13NO2. The average Bonchev–Trinajstić information content (AvgIpc) is 2.28. The highest BCUT2D eigenvalue weighted by Crippen LogP contribution is 2.24. The number of nitrogen functional groups attached to an aromatic ring is 1. The Bertz CT molecular complexity index is 556. The molecule has 0 bridgehead atoms. The molecule has 0 saturated carbocycles. The summed E-state index contributed by atoms with van der Waals surface area (Å²) in [6, 6.07) is 12.5. The highest BCUT2D eigenvalue weighted by Gasteiger charge is 2.05. The van der Waals surface area contributed by atoms with E-state index < -0.39 is 5.97 Å². The summed E-state index contributed by atoms with van der Waals surface area (Å²) in [5.41, 5.74) is 9.59. The van der Waals surface area contributed by atoms with E-state index in [4.69, 9.17) is 10.8 Å². The van der Waals surface area contributed by atoms with Gasteiger partial charge in [-0.3, -0.25) is 0 Å². The second-order valence-corrected chi connectivity index (χ2v) is 4.02. The number of rotatable bonds is 2. The topological polar surface area (TPSA) is 63.3 Å². The summed E-state index contributed by atoms with van der Waals surface area (Å²) in [6.07, 6.45) is 0. The van der Waals surface area contributed by atoms with Crippen molar-refractivity contribution in [3.63, 3.8) is 0 Å². The molecule has 0 spiro atoms. The smallest absolute Gasteiger partial charge is 0.335 e. The van der Waals surface area contributed by atoms with E-state index in [2.05, 4.69) is 0 Å². The van der Waals surface area contributed by atoms with Crippen LogP contribution >= 0.6 is 0 Å². The van der Waals surface area contributed by atoms with Crippen LogP contribution in [0.2, 0.25) is 0 Å². The Labute approximate surface area is 99.5 Å². The monoisotopic (exact) mass is 227 g/mol. The summed E-state index contributed by atoms with van der Waals surface area (Å²) >= 11 is 0. The molecule has 3 nitrogen and oxygen atoms in total. The Morgan fingerprint density at radius 3 is 2.53 bits per heavy atom. The predicted molar refractivity (Wildman–Crippen MR) is 68.0 cm³/mol. The van der Waals surface area contributed by atoms with Crippen LogP contribution in [0.3, 0.4) is 0 Å². The van der Waals surface area contributed by atoms with Gasteiger partial charge in [-0.15, -0.1) is 0 Å². The van der Waals surface area contributed by atoms with Crippen molar-refractivity contribution in [3.8, 4) is 11.1 Å². The fourth-order valence-electron chi connectivity index (χ4n) is 1.81. The maximum Gasteiger partial charge on any atom is 0.335 e. The van der Waals surface area contributed by atoms with Crippen LogP contribution in [0.5, 0.6) is 0 Å². The molecular weight excluding hydrogens is 214 g/mol. The number of aryl methyl sites for hydroxylation is 1. The van der Waals surface area contributed by atoms with E-state index in [-0.39, 0.29) is 5.56 Å². The van der Waals surface area contributed by atoms with Gasteiger partial charge in [-0.05, 0) is 47.9 Å². The molecule has 0 saturated heterocycles. The minimum Gasteiger partial charge on any atom is -0.478 e. The minimum atomic E-state index is -0.924. The molecule has 3 N–H and O–H groups in total. The molecule has 0 fully saturated rings. The number of nitrogens with two attached hydrogens (primary N) is 1. The number of benzene rings is 2. The van der Waals surface area contributed by atoms with Gasteiger partial charge in [0.25, 0.3) is 0 Å². The van der Waals surface area contributed by atoms with E-state index in [9.17, 15) is 4.79 Å². The largest absolute Gasteiger partial charge is 0.478 e. The summed E-state index contributed by atoms with van der Waals surface area (Å²) in [7, 11) is 0. The summed E-state index contributed by atoms with van der Waals surface area (Å²) in [5, 5.41) is 8.94. The minimum absolute atomic E-state index is 0.280. The van der Waals surface area contributed by atoms with Gasteiger partial charge in [0.05, 0.1) is 5.56 Å². The standard InChI is InChI=1S/C14H13NO2/c1-9-5-12(8-13(15)6-9)10-3-2-4-11(7-10)14(16)17/h2-8H,15H2,1H3,(H,16,17). The van der Waals surface area contributed by atoms with Crippen molar-refractivity contribution in [2.45, 2.75) is 6.92 Å². The van der Waals surface area contributed by atoms with Crippen LogP contribution in [0.1, 0.15) is 15.9 Å². The van der Waals surface area contributed by atoms with Crippen LogP contribution in [0, 0.1) is 6.92 Å². The first-order chi connectivity index (χ1) is 8.06. The quantitative estimate of drug-likeness (QED) is 0.775. The maximum atomic E-state index is 10.9. The zero-order valence-corrected chi connectivity index (χ0v) is 9.47. The third-order valence-corrected chi connectivity index (χ3v) is 2.54. The highest BCUT2D eigenvalue weighted by molar-refractivity contribution is 5.89. The Morgan fingerprint density at radius 1 is 1.12 bits per heavy atom. The van der Waals surface area contributed by atoms with E-state index in [1.165, 1.54) is 0 Å². The van der Waals surface area contributed by atoms with Crippen molar-refractivity contribution in [3.05, 3.63) is 53.6 Å². The molecule has 0 aliphatic rings. The van der Waals surface area contributed by atoms with Crippen molar-refractivity contribution >= 4 is 11.7 Å². The third kappa shape index (κ3) is 2.45. The Hall–Kier alpha value is -2.29. The molecule has 2 aromatic carbocycles. The molecule has 0 radical (unpaired) electrons. The fraction of sp³-hybridized carbons (Fsp3) is 0.0714. The second kappa shape index (κ2) is 4.29. The normalized spacial score (nSPS) is 10.2. The van der Waals surface area contributed by atoms with Crippen molar-refractivity contribution in [2.75, 3.05) is 5.73 Å². The van der Waals surface area contributed by atoms with E-state index in [0.717, 1.165) is 16.7 Å². The lowest BCUT2D eigenvalue weighted by Gasteiger charge is -2.06. The third-order valence-electron chi connectivity index (χ3n) is 2.54. The first kappa shape index (κ1) is 11.2. The van der Waals surface area contributed by atoms with Gasteiger partial charge in [0.15, 0.2) is 0 Å². The van der Waals surface area contributed by atoms with Gasteiger partial charge in [-0.25, -0.2) is 4.79 Å². The molecule has 2 rings (SSSR count). The van der Waals surface area contributed by atoms with Gasteiger partial charge in [0, 0.05) is 5.69 Å². The van der Waals surface area contributed by atoms with Crippen molar-refractivity contribution in [1.82, 2.24) is 0 Å². The fourth-order valence-corrected chi connectivity index (χ4v) is 1.81. The highest BCUT2D eigenvalue weighted by atomic mass is 16.4. The van der Waals surface area contributed by atoms with E-state index in [0.29, 0.717) is 5.69 Å². The van der Waals surface area contributed by atoms with Gasteiger partial charge in [0.1, 0.15) is 0 Å². The lowest BCUT2D eigenvalue weighted by molar-refractivity contribution is 0.0697. The molecule has 0 amide bonds. The molecule has 0 aromatic heterocycles. The SMILES string of the molecule is Cc1cc(N)cc(-c2cccc(C(=O)O)c2)c1. The summed E-state index contributed by atoms with van der Waals surface area (Å²) in [6.45, 7) is 1.96. The Morgan fingerprint density at radius 2 is 1.88 bits per heavy atom. The zero-order chi connectivity index (χ0) is 12.4. The van der Waals surface area contributed by atoms with E-state index >= 15 is 0 Å². The lowest BCUT2D eigenvalue weighted by atomic mass is 10.0. The zero-order valence-electron chi connectivity index (χ0n) is 9.47. The molecule has 0 unspecified atom stereocenters. The summed E-state index contributed by atoms with van der Waals surface area (Å²) in [4.78, 5) is 10.9. The maximum absolute atomic E-state index is 10.9. The molecule has 2 aromatic rings. The molecule has 3 heteroatoms. The lowest BCUT2D eigenvalue weighted by Crippen LogP contribution is -1.96. The van der Waals surface area contributed by atoms with Crippen LogP contribution in [0.4, 0.5) is 5.69 Å². The van der Waals surface area contributed by atoms with Gasteiger partial charge in [-0.1, -0.05) is 18.2 Å². The molecule has 0 heterocycles. The van der Waals surface area contributed by atoms with Crippen LogP contribution in [-0.2, 0) is 0 Å². The number of hydrogen-bond donors (Lipinski definition) is 2. The first-order valence-corrected chi connectivity index (χ1v) is 5.27. The van der Waals surface area contributed by atoms with Crippen LogP contribution in [0.25, 0.3) is 11.1 Å². The first-order valence-electron chi connectivity index (χ1n) is 5.27. The van der Waals surface area contributed by atoms with Gasteiger partial charge >= 0.3 is 5.97 Å². The van der Waals surface area contributed by atoms with Crippen LogP contribution in [-0.4, -0.2) is 11.1 Å². The van der Waals surface area contributed by atoms with Gasteiger partial charge < -0.3 is 10.8 Å². The van der Waals surface area contributed by atoms with Crippen molar-refractivity contribution in [1.29, 1.82) is 0 Å². The average molecular weight is 227 g/mol. The molecule has 17 heavy (non-hydrogen) atoms. The molecule has 0 aliphatic heterocycles. The summed E-state index contributed by atoms with van der Waals surface area (Å²) in [5.74, 6) is -0.924. The molecule has 0 aliphatic carbocycles. The number of hydrogen-bond acceptors (Lipinski definition) is 2. The second-order valence-electron chi connectivity index (χ2n) is 4.02. The number of aromatic carboxylic acids is 1. The van der Waals surface area contributed by atoms with Crippen LogP contribution < -0.4 is 5.73 Å². The predicted octanol–water partition coefficient (Wildman–Crippen LogP) is 2.94. The van der Waals surface area contributed by atoms with Crippen LogP contribution in [0.15, 0.2) is 42.5 Å². The molecule has 0 atom stereocenters.